The van der Waals surface area contributed by atoms with Crippen LogP contribution in [0.1, 0.15) is 26.3 Å². The number of hydrogen-bond acceptors (Lipinski definition) is 7. The standard InChI is InChI=1S/C22H23N3O6/c26-20(23-28)16-5-6-18-17(11-16)25(22-19(31-22)13-30-18)12-14-1-3-15(4-2-14)21(27)24-7-9-29-10-8-24/h1-6,11,19,22,28H,7-10,12-13H2,(H,23,26). The van der Waals surface area contributed by atoms with Crippen molar-refractivity contribution in [3.8, 4) is 5.75 Å². The van der Waals surface area contributed by atoms with Gasteiger partial charge in [0, 0.05) is 30.8 Å². The molecule has 9 heteroatoms. The Morgan fingerprint density at radius 2 is 1.81 bits per heavy atom. The first kappa shape index (κ1) is 19.8. The number of anilines is 1. The minimum atomic E-state index is -0.591. The SMILES string of the molecule is O=C(NO)c1ccc2c(c1)N(Cc1ccc(C(=O)N3CCOCC3)cc1)C1OC1CO2. The molecule has 0 aliphatic carbocycles. The number of epoxide rings is 1. The fourth-order valence-electron chi connectivity index (χ4n) is 3.98. The molecule has 2 fully saturated rings. The van der Waals surface area contributed by atoms with Crippen molar-refractivity contribution in [3.05, 3.63) is 59.2 Å². The number of morpholine rings is 1. The van der Waals surface area contributed by atoms with Gasteiger partial charge in [-0.2, -0.15) is 0 Å². The summed E-state index contributed by atoms with van der Waals surface area (Å²) >= 11 is 0. The van der Waals surface area contributed by atoms with E-state index in [1.807, 2.05) is 29.2 Å². The van der Waals surface area contributed by atoms with E-state index in [1.54, 1.807) is 28.6 Å². The van der Waals surface area contributed by atoms with Crippen LogP contribution in [-0.4, -0.2) is 67.2 Å². The number of carbonyl (C=O) groups is 2. The normalized spacial score (nSPS) is 22.0. The highest BCUT2D eigenvalue weighted by Gasteiger charge is 2.47. The first-order chi connectivity index (χ1) is 15.1. The van der Waals surface area contributed by atoms with Gasteiger partial charge in [0.05, 0.1) is 18.9 Å². The van der Waals surface area contributed by atoms with Crippen LogP contribution >= 0.6 is 0 Å². The first-order valence-electron chi connectivity index (χ1n) is 10.2. The molecule has 2 aromatic rings. The van der Waals surface area contributed by atoms with Crippen LogP contribution in [0.4, 0.5) is 5.69 Å². The number of nitrogens with zero attached hydrogens (tertiary/aromatic N) is 2. The molecule has 0 bridgehead atoms. The number of amides is 2. The van der Waals surface area contributed by atoms with E-state index in [-0.39, 0.29) is 18.2 Å². The van der Waals surface area contributed by atoms with Crippen LogP contribution in [-0.2, 0) is 16.0 Å². The van der Waals surface area contributed by atoms with Crippen LogP contribution in [0.15, 0.2) is 42.5 Å². The minimum absolute atomic E-state index is 0.00798. The Morgan fingerprint density at radius 1 is 1.06 bits per heavy atom. The summed E-state index contributed by atoms with van der Waals surface area (Å²) in [6.07, 6.45) is -0.187. The predicted octanol–water partition coefficient (Wildman–Crippen LogP) is 1.40. The van der Waals surface area contributed by atoms with Gasteiger partial charge in [-0.05, 0) is 35.9 Å². The van der Waals surface area contributed by atoms with Crippen molar-refractivity contribution in [3.63, 3.8) is 0 Å². The zero-order valence-electron chi connectivity index (χ0n) is 16.8. The highest BCUT2D eigenvalue weighted by molar-refractivity contribution is 5.95. The van der Waals surface area contributed by atoms with Crippen LogP contribution in [0.2, 0.25) is 0 Å². The maximum Gasteiger partial charge on any atom is 0.274 e. The van der Waals surface area contributed by atoms with Crippen molar-refractivity contribution in [1.82, 2.24) is 10.4 Å². The lowest BCUT2D eigenvalue weighted by Crippen LogP contribution is -2.40. The van der Waals surface area contributed by atoms with Gasteiger partial charge in [0.25, 0.3) is 11.8 Å². The quantitative estimate of drug-likeness (QED) is 0.434. The molecule has 2 N–H and O–H groups in total. The second kappa shape index (κ2) is 8.18. The molecule has 31 heavy (non-hydrogen) atoms. The van der Waals surface area contributed by atoms with Gasteiger partial charge < -0.3 is 24.0 Å². The maximum atomic E-state index is 12.7. The molecular weight excluding hydrogens is 402 g/mol. The second-order valence-corrected chi connectivity index (χ2v) is 7.73. The van der Waals surface area contributed by atoms with Crippen molar-refractivity contribution in [1.29, 1.82) is 0 Å². The van der Waals surface area contributed by atoms with Gasteiger partial charge in [-0.1, -0.05) is 12.1 Å². The molecule has 2 atom stereocenters. The van der Waals surface area contributed by atoms with E-state index < -0.39 is 5.91 Å². The highest BCUT2D eigenvalue weighted by atomic mass is 16.6. The Bertz CT molecular complexity index is 989. The average Bonchev–Trinajstić information content (AvgIpc) is 3.61. The third-order valence-electron chi connectivity index (χ3n) is 5.75. The summed E-state index contributed by atoms with van der Waals surface area (Å²) in [5, 5.41) is 8.97. The molecule has 0 saturated carbocycles. The van der Waals surface area contributed by atoms with Gasteiger partial charge in [0.1, 0.15) is 18.5 Å². The minimum Gasteiger partial charge on any atom is -0.489 e. The molecule has 3 aliphatic heterocycles. The summed E-state index contributed by atoms with van der Waals surface area (Å²) in [6, 6.07) is 12.5. The Morgan fingerprint density at radius 3 is 2.55 bits per heavy atom. The van der Waals surface area contributed by atoms with Gasteiger partial charge in [0.15, 0.2) is 6.23 Å². The summed E-state index contributed by atoms with van der Waals surface area (Å²) in [4.78, 5) is 28.4. The molecule has 0 spiro atoms. The van der Waals surface area contributed by atoms with Crippen LogP contribution in [0.25, 0.3) is 0 Å². The number of carbonyl (C=O) groups excluding carboxylic acids is 2. The third kappa shape index (κ3) is 3.95. The molecule has 2 unspecified atom stereocenters. The first-order valence-corrected chi connectivity index (χ1v) is 10.2. The van der Waals surface area contributed by atoms with Gasteiger partial charge in [0.2, 0.25) is 0 Å². The molecule has 2 aromatic carbocycles. The molecule has 2 amide bonds. The van der Waals surface area contributed by atoms with E-state index in [1.165, 1.54) is 0 Å². The van der Waals surface area contributed by atoms with E-state index in [9.17, 15) is 9.59 Å². The molecule has 0 radical (unpaired) electrons. The number of benzene rings is 2. The van der Waals surface area contributed by atoms with Crippen molar-refractivity contribution in [2.45, 2.75) is 18.9 Å². The van der Waals surface area contributed by atoms with E-state index in [0.717, 1.165) is 11.3 Å². The Balaban J connectivity index is 1.37. The molecule has 0 aromatic heterocycles. The summed E-state index contributed by atoms with van der Waals surface area (Å²) in [5.74, 6) is 0.0734. The number of rotatable bonds is 4. The Kier molecular flexibility index (Phi) is 5.23. The second-order valence-electron chi connectivity index (χ2n) is 7.73. The third-order valence-corrected chi connectivity index (χ3v) is 5.75. The van der Waals surface area contributed by atoms with Crippen molar-refractivity contribution in [2.24, 2.45) is 0 Å². The van der Waals surface area contributed by atoms with E-state index in [2.05, 4.69) is 0 Å². The Labute approximate surface area is 179 Å². The zero-order chi connectivity index (χ0) is 21.4. The lowest BCUT2D eigenvalue weighted by molar-refractivity contribution is 0.0303. The lowest BCUT2D eigenvalue weighted by Gasteiger charge is -2.27. The monoisotopic (exact) mass is 425 g/mol. The topological polar surface area (TPSA) is 104 Å². The predicted molar refractivity (Wildman–Crippen MR) is 109 cm³/mol. The summed E-state index contributed by atoms with van der Waals surface area (Å²) < 4.78 is 16.9. The molecule has 3 heterocycles. The van der Waals surface area contributed by atoms with Gasteiger partial charge in [-0.15, -0.1) is 0 Å². The zero-order valence-corrected chi connectivity index (χ0v) is 16.8. The highest BCUT2D eigenvalue weighted by Crippen LogP contribution is 2.41. The molecule has 5 rings (SSSR count). The van der Waals surface area contributed by atoms with E-state index in [0.29, 0.717) is 56.3 Å². The van der Waals surface area contributed by atoms with Crippen LogP contribution in [0.5, 0.6) is 5.75 Å². The fourth-order valence-corrected chi connectivity index (χ4v) is 3.98. The molecule has 3 aliphatic rings. The van der Waals surface area contributed by atoms with Gasteiger partial charge in [-0.25, -0.2) is 5.48 Å². The smallest absolute Gasteiger partial charge is 0.274 e. The van der Waals surface area contributed by atoms with Crippen molar-refractivity contribution < 1.29 is 29.0 Å². The van der Waals surface area contributed by atoms with Crippen molar-refractivity contribution >= 4 is 17.5 Å². The summed E-state index contributed by atoms with van der Waals surface area (Å²) in [7, 11) is 0. The lowest BCUT2D eigenvalue weighted by atomic mass is 10.1. The van der Waals surface area contributed by atoms with E-state index in [4.69, 9.17) is 19.4 Å². The number of fused-ring (bicyclic) bond motifs is 2. The summed E-state index contributed by atoms with van der Waals surface area (Å²) in [5.41, 5.74) is 4.35. The van der Waals surface area contributed by atoms with Gasteiger partial charge >= 0.3 is 0 Å². The van der Waals surface area contributed by atoms with Crippen molar-refractivity contribution in [2.75, 3.05) is 37.8 Å². The van der Waals surface area contributed by atoms with Crippen LogP contribution in [0, 0.1) is 0 Å². The van der Waals surface area contributed by atoms with E-state index >= 15 is 0 Å². The van der Waals surface area contributed by atoms with Crippen LogP contribution < -0.4 is 15.1 Å². The molecule has 2 saturated heterocycles. The average molecular weight is 425 g/mol. The number of ether oxygens (including phenoxy) is 3. The maximum absolute atomic E-state index is 12.7. The van der Waals surface area contributed by atoms with Gasteiger partial charge in [-0.3, -0.25) is 14.8 Å². The number of nitrogens with one attached hydrogen (secondary N) is 1. The fraction of sp³-hybridized carbons (Fsp3) is 0.364. The summed E-state index contributed by atoms with van der Waals surface area (Å²) in [6.45, 7) is 3.31. The number of hydrogen-bond donors (Lipinski definition) is 2. The van der Waals surface area contributed by atoms with Crippen LogP contribution in [0.3, 0.4) is 0 Å². The number of hydroxylamine groups is 1. The molecule has 9 nitrogen and oxygen atoms in total. The molecular formula is C22H23N3O6. The Hall–Kier alpha value is -3.14. The largest absolute Gasteiger partial charge is 0.489 e. The molecule has 162 valence electrons.